The van der Waals surface area contributed by atoms with Gasteiger partial charge in [0.25, 0.3) is 0 Å². The first-order chi connectivity index (χ1) is 9.63. The molecular formula is C17H22FNS. The highest BCUT2D eigenvalue weighted by Crippen LogP contribution is 2.33. The van der Waals surface area contributed by atoms with Gasteiger partial charge in [0.15, 0.2) is 0 Å². The summed E-state index contributed by atoms with van der Waals surface area (Å²) in [7, 11) is 0. The fourth-order valence-corrected chi connectivity index (χ4v) is 3.35. The maximum atomic E-state index is 13.3. The number of rotatable bonds is 7. The van der Waals surface area contributed by atoms with E-state index in [2.05, 4.69) is 31.8 Å². The predicted octanol–water partition coefficient (Wildman–Crippen LogP) is 5.44. The zero-order valence-electron chi connectivity index (χ0n) is 12.2. The number of benzene rings is 1. The van der Waals surface area contributed by atoms with E-state index in [0.29, 0.717) is 6.04 Å². The minimum atomic E-state index is -0.169. The summed E-state index contributed by atoms with van der Waals surface area (Å²) in [6.45, 7) is 9.41. The Kier molecular flexibility index (Phi) is 5.32. The smallest absolute Gasteiger partial charge is 0.123 e. The number of hydrogen-bond acceptors (Lipinski definition) is 2. The van der Waals surface area contributed by atoms with E-state index in [0.717, 1.165) is 35.9 Å². The van der Waals surface area contributed by atoms with Crippen LogP contribution in [0.4, 0.5) is 4.39 Å². The van der Waals surface area contributed by atoms with E-state index >= 15 is 0 Å². The molecule has 2 aromatic rings. The van der Waals surface area contributed by atoms with Gasteiger partial charge in [-0.2, -0.15) is 0 Å². The van der Waals surface area contributed by atoms with Crippen molar-refractivity contribution in [1.82, 2.24) is 5.32 Å². The Hall–Kier alpha value is -1.19. The summed E-state index contributed by atoms with van der Waals surface area (Å²) in [5, 5.41) is 4.58. The van der Waals surface area contributed by atoms with Crippen molar-refractivity contribution in [1.29, 1.82) is 0 Å². The van der Waals surface area contributed by atoms with Crippen LogP contribution >= 0.6 is 11.3 Å². The monoisotopic (exact) mass is 291 g/mol. The van der Waals surface area contributed by atoms with Gasteiger partial charge in [-0.05, 0) is 55.5 Å². The van der Waals surface area contributed by atoms with Crippen LogP contribution in [0.2, 0.25) is 0 Å². The summed E-state index contributed by atoms with van der Waals surface area (Å²) < 4.78 is 14.4. The Balaban J connectivity index is 2.26. The van der Waals surface area contributed by atoms with Gasteiger partial charge in [0.2, 0.25) is 0 Å². The first-order valence-corrected chi connectivity index (χ1v) is 8.04. The Bertz CT molecular complexity index is 588. The van der Waals surface area contributed by atoms with Gasteiger partial charge in [0.1, 0.15) is 5.82 Å². The Labute approximate surface area is 124 Å². The number of nitrogens with one attached hydrogen (secondary N) is 1. The van der Waals surface area contributed by atoms with Crippen LogP contribution in [-0.4, -0.2) is 6.54 Å². The van der Waals surface area contributed by atoms with Gasteiger partial charge in [0.05, 0.1) is 0 Å². The second-order valence-electron chi connectivity index (χ2n) is 5.15. The molecule has 0 amide bonds. The van der Waals surface area contributed by atoms with Crippen LogP contribution in [-0.2, 0) is 0 Å². The molecule has 1 atom stereocenters. The van der Waals surface area contributed by atoms with Crippen molar-refractivity contribution in [2.75, 3.05) is 6.54 Å². The maximum absolute atomic E-state index is 13.3. The SMILES string of the molecule is C=C(CC)CC(NCCC)c1cc2cc(F)ccc2s1. The summed E-state index contributed by atoms with van der Waals surface area (Å²) in [5.41, 5.74) is 1.25. The lowest BCUT2D eigenvalue weighted by Crippen LogP contribution is -2.21. The van der Waals surface area contributed by atoms with Gasteiger partial charge in [-0.15, -0.1) is 11.3 Å². The maximum Gasteiger partial charge on any atom is 0.123 e. The molecule has 0 spiro atoms. The van der Waals surface area contributed by atoms with Crippen LogP contribution in [0.3, 0.4) is 0 Å². The standard InChI is InChI=1S/C17H22FNS/c1-4-8-19-15(9-12(3)5-2)17-11-13-10-14(18)6-7-16(13)20-17/h6-7,10-11,15,19H,3-5,8-9H2,1-2H3. The second-order valence-corrected chi connectivity index (χ2v) is 6.26. The number of fused-ring (bicyclic) bond motifs is 1. The Morgan fingerprint density at radius 1 is 1.35 bits per heavy atom. The molecule has 1 aromatic heterocycles. The molecule has 0 radical (unpaired) electrons. The molecule has 20 heavy (non-hydrogen) atoms. The van der Waals surface area contributed by atoms with Crippen molar-refractivity contribution < 1.29 is 4.39 Å². The average Bonchev–Trinajstić information content (AvgIpc) is 2.85. The lowest BCUT2D eigenvalue weighted by atomic mass is 10.0. The third kappa shape index (κ3) is 3.68. The molecule has 0 saturated heterocycles. The zero-order chi connectivity index (χ0) is 14.5. The molecule has 108 valence electrons. The summed E-state index contributed by atoms with van der Waals surface area (Å²) in [4.78, 5) is 1.27. The van der Waals surface area contributed by atoms with Crippen LogP contribution in [0.5, 0.6) is 0 Å². The molecule has 0 saturated carbocycles. The van der Waals surface area contributed by atoms with E-state index in [1.165, 1.54) is 16.5 Å². The quantitative estimate of drug-likeness (QED) is 0.670. The fraction of sp³-hybridized carbons (Fsp3) is 0.412. The second kappa shape index (κ2) is 7.00. The fourth-order valence-electron chi connectivity index (χ4n) is 2.23. The molecule has 3 heteroatoms. The highest BCUT2D eigenvalue weighted by atomic mass is 32.1. The molecule has 1 aromatic carbocycles. The molecule has 0 aliphatic rings. The normalized spacial score (nSPS) is 12.8. The van der Waals surface area contributed by atoms with Crippen molar-refractivity contribution in [3.05, 3.63) is 47.1 Å². The number of halogens is 1. The van der Waals surface area contributed by atoms with Crippen molar-refractivity contribution in [3.8, 4) is 0 Å². The van der Waals surface area contributed by atoms with Crippen LogP contribution in [0.25, 0.3) is 10.1 Å². The topological polar surface area (TPSA) is 12.0 Å². The molecule has 0 aliphatic carbocycles. The Morgan fingerprint density at radius 3 is 2.85 bits per heavy atom. The average molecular weight is 291 g/mol. The lowest BCUT2D eigenvalue weighted by molar-refractivity contribution is 0.531. The van der Waals surface area contributed by atoms with E-state index < -0.39 is 0 Å². The zero-order valence-corrected chi connectivity index (χ0v) is 13.0. The molecule has 1 heterocycles. The van der Waals surface area contributed by atoms with Crippen LogP contribution in [0.15, 0.2) is 36.4 Å². The first-order valence-electron chi connectivity index (χ1n) is 7.23. The van der Waals surface area contributed by atoms with Crippen molar-refractivity contribution in [2.45, 2.75) is 39.2 Å². The van der Waals surface area contributed by atoms with Gasteiger partial charge in [0, 0.05) is 15.6 Å². The molecule has 1 nitrogen and oxygen atoms in total. The molecule has 1 N–H and O–H groups in total. The highest BCUT2D eigenvalue weighted by Gasteiger charge is 2.15. The summed E-state index contributed by atoms with van der Waals surface area (Å²) in [5.74, 6) is -0.169. The van der Waals surface area contributed by atoms with E-state index in [-0.39, 0.29) is 5.82 Å². The van der Waals surface area contributed by atoms with E-state index in [9.17, 15) is 4.39 Å². The van der Waals surface area contributed by atoms with Gasteiger partial charge >= 0.3 is 0 Å². The number of thiophene rings is 1. The van der Waals surface area contributed by atoms with E-state index in [4.69, 9.17) is 0 Å². The first kappa shape index (κ1) is 15.2. The van der Waals surface area contributed by atoms with E-state index in [1.54, 1.807) is 17.4 Å². The largest absolute Gasteiger partial charge is 0.309 e. The van der Waals surface area contributed by atoms with Gasteiger partial charge in [-0.3, -0.25) is 0 Å². The molecule has 0 aliphatic heterocycles. The molecular weight excluding hydrogens is 269 g/mol. The van der Waals surface area contributed by atoms with Gasteiger partial charge in [-0.1, -0.05) is 26.0 Å². The van der Waals surface area contributed by atoms with Crippen LogP contribution in [0, 0.1) is 5.82 Å². The third-order valence-electron chi connectivity index (χ3n) is 3.47. The van der Waals surface area contributed by atoms with E-state index in [1.807, 2.05) is 6.07 Å². The highest BCUT2D eigenvalue weighted by molar-refractivity contribution is 7.19. The minimum Gasteiger partial charge on any atom is -0.309 e. The minimum absolute atomic E-state index is 0.169. The van der Waals surface area contributed by atoms with Gasteiger partial charge in [-0.25, -0.2) is 4.39 Å². The van der Waals surface area contributed by atoms with Crippen LogP contribution in [0.1, 0.15) is 44.0 Å². The molecule has 0 fully saturated rings. The van der Waals surface area contributed by atoms with Crippen molar-refractivity contribution in [2.24, 2.45) is 0 Å². The van der Waals surface area contributed by atoms with Gasteiger partial charge < -0.3 is 5.32 Å². The summed E-state index contributed by atoms with van der Waals surface area (Å²) >= 11 is 1.75. The van der Waals surface area contributed by atoms with Crippen LogP contribution < -0.4 is 5.32 Å². The number of hydrogen-bond donors (Lipinski definition) is 1. The predicted molar refractivity (Wildman–Crippen MR) is 86.9 cm³/mol. The molecule has 0 bridgehead atoms. The Morgan fingerprint density at radius 2 is 2.15 bits per heavy atom. The van der Waals surface area contributed by atoms with Crippen molar-refractivity contribution >= 4 is 21.4 Å². The molecule has 2 rings (SSSR count). The molecule has 1 unspecified atom stereocenters. The van der Waals surface area contributed by atoms with Crippen molar-refractivity contribution in [3.63, 3.8) is 0 Å². The summed E-state index contributed by atoms with van der Waals surface area (Å²) in [6, 6.07) is 7.41. The lowest BCUT2D eigenvalue weighted by Gasteiger charge is -2.18. The summed E-state index contributed by atoms with van der Waals surface area (Å²) in [6.07, 6.45) is 3.06. The third-order valence-corrected chi connectivity index (χ3v) is 4.70.